The third-order valence-corrected chi connectivity index (χ3v) is 1.58. The number of benzene rings is 1. The third kappa shape index (κ3) is 2.57. The number of hydrogen-bond acceptors (Lipinski definition) is 3. The lowest BCUT2D eigenvalue weighted by Crippen LogP contribution is -2.36. The molecule has 1 aromatic carbocycles. The highest BCUT2D eigenvalue weighted by molar-refractivity contribution is 5.94. The van der Waals surface area contributed by atoms with Crippen molar-refractivity contribution in [3.05, 3.63) is 35.4 Å². The minimum absolute atomic E-state index is 0.216. The van der Waals surface area contributed by atoms with Gasteiger partial charge in [0.2, 0.25) is 0 Å². The predicted molar refractivity (Wildman–Crippen MR) is 52.3 cm³/mol. The summed E-state index contributed by atoms with van der Waals surface area (Å²) in [4.78, 5) is 11.5. The Morgan fingerprint density at radius 3 is 2.79 bits per heavy atom. The smallest absolute Gasteiger partial charge is 0.265 e. The highest BCUT2D eigenvalue weighted by Crippen LogP contribution is 2.03. The molecule has 0 atom stereocenters. The summed E-state index contributed by atoms with van der Waals surface area (Å²) in [6.45, 7) is 0. The van der Waals surface area contributed by atoms with Gasteiger partial charge in [-0.05, 0) is 18.2 Å². The second-order valence-electron chi connectivity index (χ2n) is 3.03. The molecule has 0 bridgehead atoms. The zero-order valence-electron chi connectivity index (χ0n) is 8.11. The molecule has 1 N–H and O–H groups in total. The quantitative estimate of drug-likeness (QED) is 0.699. The molecule has 0 aliphatic heterocycles. The Morgan fingerprint density at radius 2 is 2.21 bits per heavy atom. The molecule has 0 spiro atoms. The Labute approximate surface area is 82.7 Å². The fourth-order valence-corrected chi connectivity index (χ4v) is 0.998. The van der Waals surface area contributed by atoms with E-state index in [4.69, 9.17) is 5.26 Å². The standard InChI is InChI=1S/C10H11N3O/c1-13(2)12-10(14)9-5-3-4-8(6-9)7-11/h3-6H,1-2H3,(H,12,14). The summed E-state index contributed by atoms with van der Waals surface area (Å²) < 4.78 is 0. The fraction of sp³-hybridized carbons (Fsp3) is 0.200. The number of nitrogens with one attached hydrogen (secondary N) is 1. The summed E-state index contributed by atoms with van der Waals surface area (Å²) in [5.74, 6) is -0.216. The van der Waals surface area contributed by atoms with E-state index >= 15 is 0 Å². The van der Waals surface area contributed by atoms with Crippen molar-refractivity contribution in [1.29, 1.82) is 5.26 Å². The average molecular weight is 189 g/mol. The molecule has 4 nitrogen and oxygen atoms in total. The van der Waals surface area contributed by atoms with Gasteiger partial charge < -0.3 is 0 Å². The van der Waals surface area contributed by atoms with Gasteiger partial charge in [0.1, 0.15) is 0 Å². The summed E-state index contributed by atoms with van der Waals surface area (Å²) >= 11 is 0. The maximum atomic E-state index is 11.5. The molecule has 1 amide bonds. The van der Waals surface area contributed by atoms with E-state index in [1.807, 2.05) is 6.07 Å². The molecule has 4 heteroatoms. The zero-order valence-corrected chi connectivity index (χ0v) is 8.11. The van der Waals surface area contributed by atoms with Crippen molar-refractivity contribution in [3.63, 3.8) is 0 Å². The number of nitrogens with zero attached hydrogens (tertiary/aromatic N) is 2. The van der Waals surface area contributed by atoms with Crippen molar-refractivity contribution in [3.8, 4) is 6.07 Å². The van der Waals surface area contributed by atoms with Crippen LogP contribution in [0.15, 0.2) is 24.3 Å². The SMILES string of the molecule is CN(C)NC(=O)c1cccc(C#N)c1. The zero-order chi connectivity index (χ0) is 10.6. The molecular weight excluding hydrogens is 178 g/mol. The van der Waals surface area contributed by atoms with Gasteiger partial charge in [0.15, 0.2) is 0 Å². The Balaban J connectivity index is 2.86. The molecule has 0 fully saturated rings. The van der Waals surface area contributed by atoms with Crippen molar-refractivity contribution in [2.24, 2.45) is 0 Å². The topological polar surface area (TPSA) is 56.1 Å². The van der Waals surface area contributed by atoms with Crippen molar-refractivity contribution in [2.45, 2.75) is 0 Å². The van der Waals surface area contributed by atoms with Gasteiger partial charge in [-0.1, -0.05) is 6.07 Å². The van der Waals surface area contributed by atoms with E-state index < -0.39 is 0 Å². The summed E-state index contributed by atoms with van der Waals surface area (Å²) in [6, 6.07) is 8.55. The highest BCUT2D eigenvalue weighted by atomic mass is 16.2. The van der Waals surface area contributed by atoms with Crippen LogP contribution in [0.1, 0.15) is 15.9 Å². The van der Waals surface area contributed by atoms with E-state index in [0.29, 0.717) is 11.1 Å². The summed E-state index contributed by atoms with van der Waals surface area (Å²) in [7, 11) is 3.46. The first-order valence-corrected chi connectivity index (χ1v) is 4.12. The van der Waals surface area contributed by atoms with Crippen LogP contribution in [-0.4, -0.2) is 25.0 Å². The lowest BCUT2D eigenvalue weighted by molar-refractivity contribution is 0.0857. The lowest BCUT2D eigenvalue weighted by atomic mass is 10.1. The monoisotopic (exact) mass is 189 g/mol. The van der Waals surface area contributed by atoms with Gasteiger partial charge in [0, 0.05) is 19.7 Å². The normalized spacial score (nSPS) is 9.57. The van der Waals surface area contributed by atoms with Gasteiger partial charge in [-0.25, -0.2) is 5.01 Å². The van der Waals surface area contributed by atoms with Crippen LogP contribution in [0.5, 0.6) is 0 Å². The van der Waals surface area contributed by atoms with Gasteiger partial charge in [0.25, 0.3) is 5.91 Å². The number of carbonyl (C=O) groups excluding carboxylic acids is 1. The third-order valence-electron chi connectivity index (χ3n) is 1.58. The fourth-order valence-electron chi connectivity index (χ4n) is 0.998. The molecule has 0 aliphatic rings. The van der Waals surface area contributed by atoms with Gasteiger partial charge in [-0.15, -0.1) is 0 Å². The van der Waals surface area contributed by atoms with Gasteiger partial charge in [-0.2, -0.15) is 5.26 Å². The number of hydrazine groups is 1. The van der Waals surface area contributed by atoms with Crippen LogP contribution in [0.25, 0.3) is 0 Å². The van der Waals surface area contributed by atoms with Crippen molar-refractivity contribution < 1.29 is 4.79 Å². The van der Waals surface area contributed by atoms with Gasteiger partial charge >= 0.3 is 0 Å². The molecule has 0 saturated carbocycles. The maximum Gasteiger partial charge on any atom is 0.265 e. The van der Waals surface area contributed by atoms with Gasteiger partial charge in [0.05, 0.1) is 11.6 Å². The van der Waals surface area contributed by atoms with Crippen LogP contribution in [0.3, 0.4) is 0 Å². The Morgan fingerprint density at radius 1 is 1.50 bits per heavy atom. The Kier molecular flexibility index (Phi) is 3.21. The van der Waals surface area contributed by atoms with E-state index in [1.165, 1.54) is 0 Å². The molecule has 1 aromatic rings. The first-order valence-electron chi connectivity index (χ1n) is 4.12. The number of rotatable bonds is 2. The molecule has 0 unspecified atom stereocenters. The van der Waals surface area contributed by atoms with Gasteiger partial charge in [-0.3, -0.25) is 10.2 Å². The van der Waals surface area contributed by atoms with E-state index in [1.54, 1.807) is 43.4 Å². The first-order chi connectivity index (χ1) is 6.63. The number of amides is 1. The van der Waals surface area contributed by atoms with Crippen molar-refractivity contribution in [1.82, 2.24) is 10.4 Å². The summed E-state index contributed by atoms with van der Waals surface area (Å²) in [5.41, 5.74) is 3.56. The highest BCUT2D eigenvalue weighted by Gasteiger charge is 2.05. The summed E-state index contributed by atoms with van der Waals surface area (Å²) in [6.07, 6.45) is 0. The largest absolute Gasteiger partial charge is 0.285 e. The van der Waals surface area contributed by atoms with Crippen molar-refractivity contribution in [2.75, 3.05) is 14.1 Å². The molecular formula is C10H11N3O. The molecule has 0 aliphatic carbocycles. The second-order valence-corrected chi connectivity index (χ2v) is 3.03. The molecule has 0 aromatic heterocycles. The Bertz CT molecular complexity index is 379. The van der Waals surface area contributed by atoms with E-state index in [-0.39, 0.29) is 5.91 Å². The molecule has 72 valence electrons. The maximum absolute atomic E-state index is 11.5. The number of carbonyl (C=O) groups is 1. The van der Waals surface area contributed by atoms with Crippen molar-refractivity contribution >= 4 is 5.91 Å². The predicted octanol–water partition coefficient (Wildman–Crippen LogP) is 0.765. The van der Waals surface area contributed by atoms with Crippen LogP contribution in [0.2, 0.25) is 0 Å². The van der Waals surface area contributed by atoms with Crippen LogP contribution in [-0.2, 0) is 0 Å². The van der Waals surface area contributed by atoms with Crippen LogP contribution < -0.4 is 5.43 Å². The molecule has 0 radical (unpaired) electrons. The van der Waals surface area contributed by atoms with Crippen LogP contribution in [0, 0.1) is 11.3 Å². The number of nitriles is 1. The Hall–Kier alpha value is -1.86. The van der Waals surface area contributed by atoms with E-state index in [0.717, 1.165) is 0 Å². The van der Waals surface area contributed by atoms with E-state index in [2.05, 4.69) is 5.43 Å². The molecule has 0 heterocycles. The van der Waals surface area contributed by atoms with Crippen LogP contribution >= 0.6 is 0 Å². The second kappa shape index (κ2) is 4.40. The first kappa shape index (κ1) is 10.2. The minimum atomic E-state index is -0.216. The average Bonchev–Trinajstić information content (AvgIpc) is 2.17. The molecule has 0 saturated heterocycles. The number of hydrogen-bond donors (Lipinski definition) is 1. The molecule has 14 heavy (non-hydrogen) atoms. The molecule has 1 rings (SSSR count). The van der Waals surface area contributed by atoms with E-state index in [9.17, 15) is 4.79 Å². The lowest BCUT2D eigenvalue weighted by Gasteiger charge is -2.11. The van der Waals surface area contributed by atoms with Crippen LogP contribution in [0.4, 0.5) is 0 Å². The minimum Gasteiger partial charge on any atom is -0.285 e. The summed E-state index contributed by atoms with van der Waals surface area (Å²) in [5, 5.41) is 10.2.